The van der Waals surface area contributed by atoms with Crippen LogP contribution in [0.25, 0.3) is 10.9 Å². The number of aromatic nitrogens is 2. The molecule has 188 valence electrons. The molecule has 0 aliphatic carbocycles. The molecule has 0 atom stereocenters. The first kappa shape index (κ1) is 24.5. The summed E-state index contributed by atoms with van der Waals surface area (Å²) < 4.78 is 12.2. The fraction of sp³-hybridized carbons (Fsp3) is 0.259. The Morgan fingerprint density at radius 2 is 1.92 bits per heavy atom. The number of carbonyl (C=O) groups excluding carboxylic acids is 1. The van der Waals surface area contributed by atoms with Gasteiger partial charge in [0.15, 0.2) is 5.13 Å². The molecule has 2 amide bonds. The van der Waals surface area contributed by atoms with E-state index in [0.717, 1.165) is 31.3 Å². The molecule has 5 rings (SSSR count). The van der Waals surface area contributed by atoms with Gasteiger partial charge in [-0.25, -0.2) is 9.78 Å². The van der Waals surface area contributed by atoms with E-state index in [0.29, 0.717) is 51.7 Å². The van der Waals surface area contributed by atoms with Crippen LogP contribution in [0, 0.1) is 17.2 Å². The molecule has 2 aromatic heterocycles. The number of benzene rings is 2. The summed E-state index contributed by atoms with van der Waals surface area (Å²) in [4.78, 5) is 22.9. The number of urea groups is 1. The molecule has 4 aromatic rings. The maximum Gasteiger partial charge on any atom is 0.325 e. The zero-order valence-corrected chi connectivity index (χ0v) is 21.1. The van der Waals surface area contributed by atoms with Crippen LogP contribution in [-0.4, -0.2) is 47.6 Å². The van der Waals surface area contributed by atoms with Gasteiger partial charge in [-0.2, -0.15) is 5.26 Å². The molecule has 1 aliphatic heterocycles. The predicted molar refractivity (Wildman–Crippen MR) is 143 cm³/mol. The lowest BCUT2D eigenvalue weighted by molar-refractivity contribution is 0.160. The molecule has 9 nitrogen and oxygen atoms in total. The molecular weight excluding hydrogens is 488 g/mol. The largest absolute Gasteiger partial charge is 0.492 e. The maximum absolute atomic E-state index is 12.1. The summed E-state index contributed by atoms with van der Waals surface area (Å²) in [6.07, 6.45) is 5.47. The van der Waals surface area contributed by atoms with E-state index in [-0.39, 0.29) is 6.03 Å². The number of rotatable bonds is 7. The summed E-state index contributed by atoms with van der Waals surface area (Å²) in [5, 5.41) is 18.2. The number of nitriles is 1. The summed E-state index contributed by atoms with van der Waals surface area (Å²) in [6, 6.07) is 14.2. The standard InChI is InChI=1S/C27H26N6O3S/c1-33-11-7-18(8-12-33)17-35-25-15-23-22(14-19(25)16-28)24(6-9-29-23)36-21-4-2-20(3-5-21)31-26(34)32-27-30-10-13-37-27/h2-6,9-10,13-15,18H,7-8,11-12,17H2,1H3,(H2,30,31,32,34). The second-order valence-corrected chi connectivity index (χ2v) is 9.78. The molecule has 1 saturated heterocycles. The first-order chi connectivity index (χ1) is 18.1. The van der Waals surface area contributed by atoms with E-state index in [2.05, 4.69) is 38.6 Å². The van der Waals surface area contributed by atoms with Crippen LogP contribution in [0.3, 0.4) is 0 Å². The van der Waals surface area contributed by atoms with Gasteiger partial charge >= 0.3 is 6.03 Å². The van der Waals surface area contributed by atoms with Crippen LogP contribution in [0.2, 0.25) is 0 Å². The molecule has 2 N–H and O–H groups in total. The third-order valence-corrected chi connectivity index (χ3v) is 6.92. The lowest BCUT2D eigenvalue weighted by Gasteiger charge is -2.28. The van der Waals surface area contributed by atoms with Crippen molar-refractivity contribution in [3.05, 3.63) is 65.8 Å². The second-order valence-electron chi connectivity index (χ2n) is 8.89. The van der Waals surface area contributed by atoms with Crippen LogP contribution >= 0.6 is 11.3 Å². The molecule has 0 radical (unpaired) electrons. The van der Waals surface area contributed by atoms with Gasteiger partial charge in [0.05, 0.1) is 17.7 Å². The van der Waals surface area contributed by atoms with Crippen molar-refractivity contribution in [2.75, 3.05) is 37.4 Å². The number of nitrogens with one attached hydrogen (secondary N) is 2. The monoisotopic (exact) mass is 514 g/mol. The van der Waals surface area contributed by atoms with Crippen molar-refractivity contribution in [1.29, 1.82) is 5.26 Å². The summed E-state index contributed by atoms with van der Waals surface area (Å²) in [5.74, 6) is 2.19. The lowest BCUT2D eigenvalue weighted by Crippen LogP contribution is -2.32. The van der Waals surface area contributed by atoms with E-state index in [1.54, 1.807) is 54.2 Å². The Morgan fingerprint density at radius 3 is 2.65 bits per heavy atom. The summed E-state index contributed by atoms with van der Waals surface area (Å²) in [7, 11) is 2.13. The minimum atomic E-state index is -0.373. The SMILES string of the molecule is CN1CCC(COc2cc3nccc(Oc4ccc(NC(=O)Nc5nccs5)cc4)c3cc2C#N)CC1. The van der Waals surface area contributed by atoms with Gasteiger partial charge in [0.2, 0.25) is 0 Å². The average molecular weight is 515 g/mol. The summed E-state index contributed by atoms with van der Waals surface area (Å²) in [6.45, 7) is 2.72. The van der Waals surface area contributed by atoms with Crippen molar-refractivity contribution in [1.82, 2.24) is 14.9 Å². The Morgan fingerprint density at radius 1 is 1.11 bits per heavy atom. The van der Waals surface area contributed by atoms with Gasteiger partial charge in [-0.1, -0.05) is 0 Å². The average Bonchev–Trinajstić information content (AvgIpc) is 3.42. The van der Waals surface area contributed by atoms with Gasteiger partial charge < -0.3 is 19.7 Å². The highest BCUT2D eigenvalue weighted by Gasteiger charge is 2.19. The zero-order chi connectivity index (χ0) is 25.6. The maximum atomic E-state index is 12.1. The number of hydrogen-bond acceptors (Lipinski definition) is 8. The molecule has 0 spiro atoms. The minimum absolute atomic E-state index is 0.373. The summed E-state index contributed by atoms with van der Waals surface area (Å²) in [5.41, 5.74) is 1.75. The molecule has 0 unspecified atom stereocenters. The van der Waals surface area contributed by atoms with E-state index in [1.165, 1.54) is 11.3 Å². The van der Waals surface area contributed by atoms with Crippen molar-refractivity contribution in [3.63, 3.8) is 0 Å². The molecule has 1 aliphatic rings. The highest BCUT2D eigenvalue weighted by atomic mass is 32.1. The zero-order valence-electron chi connectivity index (χ0n) is 20.3. The van der Waals surface area contributed by atoms with Crippen molar-refractivity contribution >= 4 is 39.1 Å². The van der Waals surface area contributed by atoms with Crippen LogP contribution in [0.1, 0.15) is 18.4 Å². The minimum Gasteiger partial charge on any atom is -0.492 e. The highest BCUT2D eigenvalue weighted by molar-refractivity contribution is 7.13. The van der Waals surface area contributed by atoms with E-state index in [9.17, 15) is 10.1 Å². The number of ether oxygens (including phenoxy) is 2. The molecule has 0 saturated carbocycles. The van der Waals surface area contributed by atoms with E-state index in [4.69, 9.17) is 9.47 Å². The van der Waals surface area contributed by atoms with Crippen LogP contribution in [0.4, 0.5) is 15.6 Å². The third-order valence-electron chi connectivity index (χ3n) is 6.23. The molecule has 0 bridgehead atoms. The lowest BCUT2D eigenvalue weighted by atomic mass is 9.98. The number of likely N-dealkylation sites (tertiary alicyclic amines) is 1. The highest BCUT2D eigenvalue weighted by Crippen LogP contribution is 2.34. The van der Waals surface area contributed by atoms with E-state index < -0.39 is 0 Å². The fourth-order valence-corrected chi connectivity index (χ4v) is 4.68. The number of anilines is 2. The van der Waals surface area contributed by atoms with E-state index in [1.807, 2.05) is 6.07 Å². The van der Waals surface area contributed by atoms with Crippen molar-refractivity contribution in [2.45, 2.75) is 12.8 Å². The number of amides is 2. The molecular formula is C27H26N6O3S. The predicted octanol–water partition coefficient (Wildman–Crippen LogP) is 5.72. The van der Waals surface area contributed by atoms with Gasteiger partial charge in [-0.05, 0) is 75.3 Å². The smallest absolute Gasteiger partial charge is 0.325 e. The van der Waals surface area contributed by atoms with Crippen molar-refractivity contribution < 1.29 is 14.3 Å². The Kier molecular flexibility index (Phi) is 7.44. The van der Waals surface area contributed by atoms with E-state index >= 15 is 0 Å². The van der Waals surface area contributed by atoms with Gasteiger partial charge in [0.1, 0.15) is 23.3 Å². The Balaban J connectivity index is 1.27. The van der Waals surface area contributed by atoms with Crippen LogP contribution in [0.5, 0.6) is 17.2 Å². The first-order valence-corrected chi connectivity index (χ1v) is 12.8. The van der Waals surface area contributed by atoms with Crippen LogP contribution in [-0.2, 0) is 0 Å². The molecule has 1 fully saturated rings. The third kappa shape index (κ3) is 6.14. The van der Waals surface area contributed by atoms with Gasteiger partial charge in [-0.15, -0.1) is 11.3 Å². The number of hydrogen-bond donors (Lipinski definition) is 2. The number of fused-ring (bicyclic) bond motifs is 1. The van der Waals surface area contributed by atoms with Gasteiger partial charge in [-0.3, -0.25) is 10.3 Å². The number of pyridine rings is 1. The van der Waals surface area contributed by atoms with Crippen LogP contribution < -0.4 is 20.1 Å². The van der Waals surface area contributed by atoms with Gasteiger partial charge in [0.25, 0.3) is 0 Å². The molecule has 37 heavy (non-hydrogen) atoms. The Labute approximate surface area is 218 Å². The fourth-order valence-electron chi connectivity index (χ4n) is 4.16. The number of carbonyl (C=O) groups is 1. The molecule has 2 aromatic carbocycles. The van der Waals surface area contributed by atoms with Gasteiger partial charge in [0, 0.05) is 34.9 Å². The normalized spacial score (nSPS) is 14.2. The molecule has 10 heteroatoms. The quantitative estimate of drug-likeness (QED) is 0.324. The number of nitrogens with zero attached hydrogens (tertiary/aromatic N) is 4. The van der Waals surface area contributed by atoms with Crippen molar-refractivity contribution in [2.24, 2.45) is 5.92 Å². The number of thiazole rings is 1. The van der Waals surface area contributed by atoms with Crippen molar-refractivity contribution in [3.8, 4) is 23.3 Å². The Bertz CT molecular complexity index is 1410. The second kappa shape index (κ2) is 11.2. The first-order valence-electron chi connectivity index (χ1n) is 12.0. The Hall–Kier alpha value is -4.20. The van der Waals surface area contributed by atoms with Crippen LogP contribution in [0.15, 0.2) is 60.2 Å². The topological polar surface area (TPSA) is 112 Å². The number of piperidine rings is 1. The summed E-state index contributed by atoms with van der Waals surface area (Å²) >= 11 is 1.34. The molecule has 3 heterocycles.